The summed E-state index contributed by atoms with van der Waals surface area (Å²) in [7, 11) is 0. The molecule has 2 rings (SSSR count). The molecule has 2 heteroatoms. The number of hydrogen-bond acceptors (Lipinski definition) is 2. The molecule has 94 valence electrons. The third-order valence-electron chi connectivity index (χ3n) is 4.48. The van der Waals surface area contributed by atoms with Crippen LogP contribution in [-0.4, -0.2) is 16.7 Å². The van der Waals surface area contributed by atoms with Gasteiger partial charge in [0.25, 0.3) is 0 Å². The Labute approximate surface area is 105 Å². The molecule has 1 aliphatic heterocycles. The van der Waals surface area contributed by atoms with E-state index >= 15 is 0 Å². The van der Waals surface area contributed by atoms with E-state index in [9.17, 15) is 0 Å². The maximum Gasteiger partial charge on any atom is 0.0543 e. The van der Waals surface area contributed by atoms with E-state index in [1.165, 1.54) is 32.1 Å². The normalized spacial score (nSPS) is 39.8. The van der Waals surface area contributed by atoms with Gasteiger partial charge in [-0.05, 0) is 37.0 Å². The van der Waals surface area contributed by atoms with Gasteiger partial charge in [-0.25, -0.2) is 0 Å². The lowest BCUT2D eigenvalue weighted by molar-refractivity contribution is 0.279. The van der Waals surface area contributed by atoms with Gasteiger partial charge in [-0.15, -0.1) is 11.8 Å². The minimum Gasteiger partial charge on any atom is -0.301 e. The molecule has 2 fully saturated rings. The van der Waals surface area contributed by atoms with E-state index in [1.54, 1.807) is 0 Å². The molecule has 0 aromatic rings. The standard InChI is InChI=1S/C14H27NS/c1-5-14(3,4)9-13-15-11-8-10(2)6-7-12(11)16-13/h10-13,15H,5-9H2,1-4H3. The zero-order chi connectivity index (χ0) is 11.8. The monoisotopic (exact) mass is 241 g/mol. The van der Waals surface area contributed by atoms with Crippen molar-refractivity contribution in [3.05, 3.63) is 0 Å². The summed E-state index contributed by atoms with van der Waals surface area (Å²) in [5.41, 5.74) is 0.504. The second-order valence-corrected chi connectivity index (χ2v) is 8.02. The molecule has 2 aliphatic rings. The van der Waals surface area contributed by atoms with Crippen molar-refractivity contribution < 1.29 is 0 Å². The lowest BCUT2D eigenvalue weighted by Gasteiger charge is -2.28. The van der Waals surface area contributed by atoms with E-state index in [1.807, 2.05) is 0 Å². The summed E-state index contributed by atoms with van der Waals surface area (Å²) in [6.07, 6.45) is 6.90. The zero-order valence-corrected chi connectivity index (χ0v) is 12.1. The van der Waals surface area contributed by atoms with Gasteiger partial charge in [-0.3, -0.25) is 0 Å². The first-order chi connectivity index (χ1) is 7.50. The highest BCUT2D eigenvalue weighted by Crippen LogP contribution is 2.42. The number of thioether (sulfide) groups is 1. The summed E-state index contributed by atoms with van der Waals surface area (Å²) in [6, 6.07) is 0.811. The van der Waals surface area contributed by atoms with Crippen LogP contribution in [0.3, 0.4) is 0 Å². The Hall–Kier alpha value is 0.310. The third kappa shape index (κ3) is 2.95. The first kappa shape index (κ1) is 12.8. The minimum atomic E-state index is 0.504. The summed E-state index contributed by atoms with van der Waals surface area (Å²) in [5.74, 6) is 0.937. The molecular formula is C14H27NS. The Morgan fingerprint density at radius 3 is 2.75 bits per heavy atom. The molecule has 1 aliphatic carbocycles. The first-order valence-corrected chi connectivity index (χ1v) is 7.86. The fourth-order valence-corrected chi connectivity index (χ4v) is 4.81. The number of hydrogen-bond donors (Lipinski definition) is 1. The van der Waals surface area contributed by atoms with Crippen LogP contribution < -0.4 is 5.32 Å². The van der Waals surface area contributed by atoms with Crippen LogP contribution in [0.4, 0.5) is 0 Å². The summed E-state index contributed by atoms with van der Waals surface area (Å²) < 4.78 is 0. The number of rotatable bonds is 3. The summed E-state index contributed by atoms with van der Waals surface area (Å²) in [6.45, 7) is 9.53. The van der Waals surface area contributed by atoms with Crippen LogP contribution in [0.2, 0.25) is 0 Å². The molecule has 16 heavy (non-hydrogen) atoms. The van der Waals surface area contributed by atoms with E-state index in [-0.39, 0.29) is 0 Å². The van der Waals surface area contributed by atoms with Gasteiger partial charge in [-0.2, -0.15) is 0 Å². The van der Waals surface area contributed by atoms with Crippen molar-refractivity contribution in [3.8, 4) is 0 Å². The largest absolute Gasteiger partial charge is 0.301 e. The zero-order valence-electron chi connectivity index (χ0n) is 11.3. The second kappa shape index (κ2) is 4.89. The van der Waals surface area contributed by atoms with Gasteiger partial charge in [0.15, 0.2) is 0 Å². The molecule has 0 bridgehead atoms. The van der Waals surface area contributed by atoms with E-state index in [0.29, 0.717) is 5.41 Å². The molecule has 4 atom stereocenters. The van der Waals surface area contributed by atoms with Crippen molar-refractivity contribution >= 4 is 11.8 Å². The molecule has 0 amide bonds. The van der Waals surface area contributed by atoms with Gasteiger partial charge >= 0.3 is 0 Å². The van der Waals surface area contributed by atoms with Crippen molar-refractivity contribution in [2.75, 3.05) is 0 Å². The SMILES string of the molecule is CCC(C)(C)CC1NC2CC(C)CCC2S1. The van der Waals surface area contributed by atoms with Gasteiger partial charge in [-0.1, -0.05) is 34.1 Å². The molecule has 0 aromatic heterocycles. The Balaban J connectivity index is 1.87. The summed E-state index contributed by atoms with van der Waals surface area (Å²) in [4.78, 5) is 0. The maximum atomic E-state index is 3.88. The Morgan fingerprint density at radius 1 is 1.31 bits per heavy atom. The Bertz CT molecular complexity index is 239. The molecule has 1 saturated heterocycles. The lowest BCUT2D eigenvalue weighted by atomic mass is 9.85. The van der Waals surface area contributed by atoms with E-state index < -0.39 is 0 Å². The molecule has 0 radical (unpaired) electrons. The van der Waals surface area contributed by atoms with Gasteiger partial charge in [0.1, 0.15) is 0 Å². The quantitative estimate of drug-likeness (QED) is 0.800. The highest BCUT2D eigenvalue weighted by molar-refractivity contribution is 8.00. The van der Waals surface area contributed by atoms with Crippen molar-refractivity contribution in [2.24, 2.45) is 11.3 Å². The van der Waals surface area contributed by atoms with Crippen LogP contribution in [0.15, 0.2) is 0 Å². The van der Waals surface area contributed by atoms with E-state index in [2.05, 4.69) is 44.8 Å². The molecular weight excluding hydrogens is 214 g/mol. The molecule has 1 N–H and O–H groups in total. The average molecular weight is 241 g/mol. The highest BCUT2D eigenvalue weighted by atomic mass is 32.2. The van der Waals surface area contributed by atoms with E-state index in [0.717, 1.165) is 22.6 Å². The summed E-state index contributed by atoms with van der Waals surface area (Å²) in [5, 5.41) is 5.51. The van der Waals surface area contributed by atoms with Crippen LogP contribution in [-0.2, 0) is 0 Å². The first-order valence-electron chi connectivity index (χ1n) is 6.91. The van der Waals surface area contributed by atoms with Gasteiger partial charge in [0, 0.05) is 11.3 Å². The van der Waals surface area contributed by atoms with Crippen LogP contribution in [0.25, 0.3) is 0 Å². The fourth-order valence-electron chi connectivity index (χ4n) is 2.93. The van der Waals surface area contributed by atoms with Crippen LogP contribution >= 0.6 is 11.8 Å². The maximum absolute atomic E-state index is 3.88. The molecule has 1 heterocycles. The highest BCUT2D eigenvalue weighted by Gasteiger charge is 2.39. The predicted octanol–water partition coefficient (Wildman–Crippen LogP) is 4.03. The minimum absolute atomic E-state index is 0.504. The third-order valence-corrected chi connectivity index (χ3v) is 6.03. The van der Waals surface area contributed by atoms with Crippen LogP contribution in [0.1, 0.15) is 59.8 Å². The molecule has 0 spiro atoms. The molecule has 1 nitrogen and oxygen atoms in total. The molecule has 1 saturated carbocycles. The van der Waals surface area contributed by atoms with E-state index in [4.69, 9.17) is 0 Å². The van der Waals surface area contributed by atoms with Crippen LogP contribution in [0.5, 0.6) is 0 Å². The Kier molecular flexibility index (Phi) is 3.90. The van der Waals surface area contributed by atoms with Crippen molar-refractivity contribution in [3.63, 3.8) is 0 Å². The van der Waals surface area contributed by atoms with Crippen molar-refractivity contribution in [1.82, 2.24) is 5.32 Å². The van der Waals surface area contributed by atoms with Gasteiger partial charge in [0.2, 0.25) is 0 Å². The molecule has 0 aromatic carbocycles. The van der Waals surface area contributed by atoms with Gasteiger partial charge < -0.3 is 5.32 Å². The fraction of sp³-hybridized carbons (Fsp3) is 1.00. The van der Waals surface area contributed by atoms with Crippen molar-refractivity contribution in [2.45, 2.75) is 76.5 Å². The topological polar surface area (TPSA) is 12.0 Å². The summed E-state index contributed by atoms with van der Waals surface area (Å²) >= 11 is 2.23. The average Bonchev–Trinajstić information content (AvgIpc) is 2.58. The lowest BCUT2D eigenvalue weighted by Crippen LogP contribution is -2.38. The van der Waals surface area contributed by atoms with Crippen LogP contribution in [0, 0.1) is 11.3 Å². The number of fused-ring (bicyclic) bond motifs is 1. The van der Waals surface area contributed by atoms with Crippen molar-refractivity contribution in [1.29, 1.82) is 0 Å². The second-order valence-electron chi connectivity index (χ2n) is 6.58. The number of nitrogens with one attached hydrogen (secondary N) is 1. The predicted molar refractivity (Wildman–Crippen MR) is 73.8 cm³/mol. The smallest absolute Gasteiger partial charge is 0.0543 e. The molecule has 4 unspecified atom stereocenters. The Morgan fingerprint density at radius 2 is 2.06 bits per heavy atom. The van der Waals surface area contributed by atoms with Gasteiger partial charge in [0.05, 0.1) is 5.37 Å².